The van der Waals surface area contributed by atoms with Crippen LogP contribution in [0.2, 0.25) is 0 Å². The molecular formula is C17H22N2O. The number of fused-ring (bicyclic) bond motifs is 1. The van der Waals surface area contributed by atoms with Crippen LogP contribution in [0, 0.1) is 12.8 Å². The summed E-state index contributed by atoms with van der Waals surface area (Å²) in [6, 6.07) is 8.23. The normalized spacial score (nSPS) is 14.7. The molecule has 0 aliphatic heterocycles. The Hall–Kier alpha value is -1.77. The maximum Gasteiger partial charge on any atom is 0.270 e. The molecule has 1 N–H and O–H groups in total. The van der Waals surface area contributed by atoms with Crippen molar-refractivity contribution >= 4 is 16.8 Å². The second-order valence-corrected chi connectivity index (χ2v) is 5.97. The van der Waals surface area contributed by atoms with Crippen LogP contribution in [0.25, 0.3) is 10.9 Å². The van der Waals surface area contributed by atoms with E-state index in [1.54, 1.807) is 0 Å². The van der Waals surface area contributed by atoms with Gasteiger partial charge in [-0.15, -0.1) is 0 Å². The maximum absolute atomic E-state index is 12.6. The molecule has 1 amide bonds. The summed E-state index contributed by atoms with van der Waals surface area (Å²) < 4.78 is 0. The van der Waals surface area contributed by atoms with Gasteiger partial charge in [-0.05, 0) is 49.8 Å². The molecule has 1 fully saturated rings. The monoisotopic (exact) mass is 270 g/mol. The zero-order valence-electron chi connectivity index (χ0n) is 12.3. The summed E-state index contributed by atoms with van der Waals surface area (Å²) in [5, 5.41) is 1.11. The number of benzene rings is 1. The van der Waals surface area contributed by atoms with E-state index in [0.717, 1.165) is 42.0 Å². The third kappa shape index (κ3) is 2.72. The molecule has 3 heteroatoms. The number of carbonyl (C=O) groups excluding carboxylic acids is 1. The lowest BCUT2D eigenvalue weighted by Crippen LogP contribution is -2.33. The Morgan fingerprint density at radius 2 is 2.15 bits per heavy atom. The van der Waals surface area contributed by atoms with E-state index in [2.05, 4.69) is 37.0 Å². The second-order valence-electron chi connectivity index (χ2n) is 5.97. The SMILES string of the molecule is CCCN(CC1CC1)C(=O)c1cc2ccc(C)cc2[nH]1. The van der Waals surface area contributed by atoms with E-state index in [1.807, 2.05) is 11.0 Å². The number of amides is 1. The van der Waals surface area contributed by atoms with Crippen molar-refractivity contribution in [3.8, 4) is 0 Å². The molecule has 2 aromatic rings. The summed E-state index contributed by atoms with van der Waals surface area (Å²) in [5.74, 6) is 0.879. The second kappa shape index (κ2) is 5.31. The van der Waals surface area contributed by atoms with Crippen molar-refractivity contribution in [1.82, 2.24) is 9.88 Å². The van der Waals surface area contributed by atoms with E-state index in [-0.39, 0.29) is 5.91 Å². The zero-order valence-corrected chi connectivity index (χ0v) is 12.3. The van der Waals surface area contributed by atoms with Crippen LogP contribution < -0.4 is 0 Å². The largest absolute Gasteiger partial charge is 0.351 e. The van der Waals surface area contributed by atoms with Crippen LogP contribution in [0.3, 0.4) is 0 Å². The summed E-state index contributed by atoms with van der Waals surface area (Å²) in [5.41, 5.74) is 2.98. The van der Waals surface area contributed by atoms with Gasteiger partial charge in [-0.2, -0.15) is 0 Å². The van der Waals surface area contributed by atoms with E-state index in [1.165, 1.54) is 18.4 Å². The average Bonchev–Trinajstić information content (AvgIpc) is 3.14. The Bertz CT molecular complexity index is 625. The minimum atomic E-state index is 0.146. The van der Waals surface area contributed by atoms with Gasteiger partial charge in [0.05, 0.1) is 0 Å². The van der Waals surface area contributed by atoms with Gasteiger partial charge in [-0.3, -0.25) is 4.79 Å². The van der Waals surface area contributed by atoms with Crippen LogP contribution in [0.15, 0.2) is 24.3 Å². The Balaban J connectivity index is 1.85. The minimum absolute atomic E-state index is 0.146. The Kier molecular flexibility index (Phi) is 3.51. The molecular weight excluding hydrogens is 248 g/mol. The Labute approximate surface area is 120 Å². The highest BCUT2D eigenvalue weighted by Gasteiger charge is 2.27. The summed E-state index contributed by atoms with van der Waals surface area (Å²) in [6.07, 6.45) is 3.57. The summed E-state index contributed by atoms with van der Waals surface area (Å²) in [7, 11) is 0. The molecule has 3 rings (SSSR count). The van der Waals surface area contributed by atoms with Crippen LogP contribution >= 0.6 is 0 Å². The van der Waals surface area contributed by atoms with Gasteiger partial charge in [-0.25, -0.2) is 0 Å². The van der Waals surface area contributed by atoms with Gasteiger partial charge in [0.25, 0.3) is 5.91 Å². The first-order valence-corrected chi connectivity index (χ1v) is 7.56. The van der Waals surface area contributed by atoms with Crippen molar-refractivity contribution in [2.75, 3.05) is 13.1 Å². The number of hydrogen-bond acceptors (Lipinski definition) is 1. The number of H-pyrrole nitrogens is 1. The number of hydrogen-bond donors (Lipinski definition) is 1. The molecule has 0 radical (unpaired) electrons. The van der Waals surface area contributed by atoms with Crippen molar-refractivity contribution < 1.29 is 4.79 Å². The van der Waals surface area contributed by atoms with Crippen LogP contribution in [0.4, 0.5) is 0 Å². The van der Waals surface area contributed by atoms with Crippen LogP contribution in [0.1, 0.15) is 42.2 Å². The van der Waals surface area contributed by atoms with E-state index in [0.29, 0.717) is 0 Å². The standard InChI is InChI=1S/C17H22N2O/c1-3-8-19(11-13-5-6-13)17(20)16-10-14-7-4-12(2)9-15(14)18-16/h4,7,9-10,13,18H,3,5-6,8,11H2,1-2H3. The van der Waals surface area contributed by atoms with Crippen molar-refractivity contribution in [1.29, 1.82) is 0 Å². The molecule has 0 saturated heterocycles. The van der Waals surface area contributed by atoms with Gasteiger partial charge in [-0.1, -0.05) is 19.1 Å². The van der Waals surface area contributed by atoms with Gasteiger partial charge in [0, 0.05) is 24.0 Å². The quantitative estimate of drug-likeness (QED) is 0.882. The van der Waals surface area contributed by atoms with Gasteiger partial charge in [0.1, 0.15) is 5.69 Å². The smallest absolute Gasteiger partial charge is 0.270 e. The highest BCUT2D eigenvalue weighted by molar-refractivity contribution is 5.98. The van der Waals surface area contributed by atoms with Gasteiger partial charge in [0.2, 0.25) is 0 Å². The van der Waals surface area contributed by atoms with Gasteiger partial charge in [0.15, 0.2) is 0 Å². The molecule has 0 bridgehead atoms. The van der Waals surface area contributed by atoms with E-state index < -0.39 is 0 Å². The lowest BCUT2D eigenvalue weighted by molar-refractivity contribution is 0.0743. The predicted molar refractivity (Wildman–Crippen MR) is 82.0 cm³/mol. The minimum Gasteiger partial charge on any atom is -0.351 e. The third-order valence-electron chi connectivity index (χ3n) is 3.96. The molecule has 1 aromatic heterocycles. The highest BCUT2D eigenvalue weighted by atomic mass is 16.2. The molecule has 1 saturated carbocycles. The molecule has 0 atom stereocenters. The molecule has 1 aliphatic rings. The Morgan fingerprint density at radius 3 is 2.85 bits per heavy atom. The number of aromatic amines is 1. The first kappa shape index (κ1) is 13.2. The van der Waals surface area contributed by atoms with Crippen molar-refractivity contribution in [3.05, 3.63) is 35.5 Å². The molecule has 3 nitrogen and oxygen atoms in total. The molecule has 1 heterocycles. The van der Waals surface area contributed by atoms with Gasteiger partial charge >= 0.3 is 0 Å². The Morgan fingerprint density at radius 1 is 1.35 bits per heavy atom. The number of carbonyl (C=O) groups is 1. The topological polar surface area (TPSA) is 36.1 Å². The lowest BCUT2D eigenvalue weighted by atomic mass is 10.2. The molecule has 106 valence electrons. The number of nitrogens with one attached hydrogen (secondary N) is 1. The molecule has 0 unspecified atom stereocenters. The molecule has 1 aromatic carbocycles. The van der Waals surface area contributed by atoms with Crippen LogP contribution in [0.5, 0.6) is 0 Å². The zero-order chi connectivity index (χ0) is 14.1. The van der Waals surface area contributed by atoms with Gasteiger partial charge < -0.3 is 9.88 Å². The highest BCUT2D eigenvalue weighted by Crippen LogP contribution is 2.30. The first-order valence-electron chi connectivity index (χ1n) is 7.56. The maximum atomic E-state index is 12.6. The number of aromatic nitrogens is 1. The molecule has 0 spiro atoms. The summed E-state index contributed by atoms with van der Waals surface area (Å²) >= 11 is 0. The van der Waals surface area contributed by atoms with E-state index >= 15 is 0 Å². The number of nitrogens with zero attached hydrogens (tertiary/aromatic N) is 1. The van der Waals surface area contributed by atoms with E-state index in [4.69, 9.17) is 0 Å². The molecule has 20 heavy (non-hydrogen) atoms. The van der Waals surface area contributed by atoms with Crippen molar-refractivity contribution in [2.24, 2.45) is 5.92 Å². The third-order valence-corrected chi connectivity index (χ3v) is 3.96. The average molecular weight is 270 g/mol. The summed E-state index contributed by atoms with van der Waals surface area (Å²) in [6.45, 7) is 5.96. The fourth-order valence-corrected chi connectivity index (χ4v) is 2.68. The first-order chi connectivity index (χ1) is 9.67. The van der Waals surface area contributed by atoms with Crippen molar-refractivity contribution in [3.63, 3.8) is 0 Å². The number of aryl methyl sites for hydroxylation is 1. The lowest BCUT2D eigenvalue weighted by Gasteiger charge is -2.21. The molecule has 1 aliphatic carbocycles. The fourth-order valence-electron chi connectivity index (χ4n) is 2.68. The van der Waals surface area contributed by atoms with Crippen LogP contribution in [-0.4, -0.2) is 28.9 Å². The predicted octanol–water partition coefficient (Wildman–Crippen LogP) is 3.74. The fraction of sp³-hybridized carbons (Fsp3) is 0.471. The van der Waals surface area contributed by atoms with E-state index in [9.17, 15) is 4.79 Å². The van der Waals surface area contributed by atoms with Crippen molar-refractivity contribution in [2.45, 2.75) is 33.1 Å². The summed E-state index contributed by atoms with van der Waals surface area (Å²) in [4.78, 5) is 17.9. The number of rotatable bonds is 5. The van der Waals surface area contributed by atoms with Crippen LogP contribution in [-0.2, 0) is 0 Å².